The lowest BCUT2D eigenvalue weighted by molar-refractivity contribution is 0.100. The van der Waals surface area contributed by atoms with E-state index in [1.807, 2.05) is 0 Å². The van der Waals surface area contributed by atoms with Crippen LogP contribution in [0.4, 0.5) is 18.9 Å². The summed E-state index contributed by atoms with van der Waals surface area (Å²) in [5.74, 6) is -4.49. The first-order valence-electron chi connectivity index (χ1n) is 5.40. The molecule has 0 heterocycles. The molecule has 0 radical (unpaired) electrons. The van der Waals surface area contributed by atoms with Gasteiger partial charge in [0.25, 0.3) is 5.91 Å². The number of ether oxygens (including phenoxy) is 1. The molecule has 4 nitrogen and oxygen atoms in total. The van der Waals surface area contributed by atoms with Crippen molar-refractivity contribution in [3.63, 3.8) is 0 Å². The van der Waals surface area contributed by atoms with Gasteiger partial charge >= 0.3 is 0 Å². The molecule has 0 aliphatic rings. The molecule has 104 valence electrons. The van der Waals surface area contributed by atoms with Gasteiger partial charge in [-0.05, 0) is 18.2 Å². The van der Waals surface area contributed by atoms with Crippen molar-refractivity contribution in [1.29, 1.82) is 0 Å². The van der Waals surface area contributed by atoms with Gasteiger partial charge in [0.05, 0.1) is 5.56 Å². The van der Waals surface area contributed by atoms with Gasteiger partial charge in [-0.2, -0.15) is 0 Å². The van der Waals surface area contributed by atoms with E-state index >= 15 is 0 Å². The first-order chi connectivity index (χ1) is 9.38. The van der Waals surface area contributed by atoms with Crippen LogP contribution in [-0.2, 0) is 0 Å². The maximum absolute atomic E-state index is 13.6. The number of amides is 1. The van der Waals surface area contributed by atoms with Gasteiger partial charge in [0.2, 0.25) is 0 Å². The zero-order chi connectivity index (χ0) is 14.9. The number of nitrogen functional groups attached to an aromatic ring is 1. The Kier molecular flexibility index (Phi) is 3.51. The summed E-state index contributed by atoms with van der Waals surface area (Å²) in [6.07, 6.45) is 0. The Labute approximate surface area is 111 Å². The van der Waals surface area contributed by atoms with Crippen molar-refractivity contribution in [3.05, 3.63) is 53.3 Å². The lowest BCUT2D eigenvalue weighted by Crippen LogP contribution is -2.14. The van der Waals surface area contributed by atoms with Crippen LogP contribution in [0.1, 0.15) is 10.4 Å². The molecule has 0 aliphatic carbocycles. The minimum absolute atomic E-state index is 0.179. The second-order valence-corrected chi connectivity index (χ2v) is 3.91. The Morgan fingerprint density at radius 2 is 1.65 bits per heavy atom. The molecular formula is C13H9F3N2O2. The maximum Gasteiger partial charge on any atom is 0.250 e. The van der Waals surface area contributed by atoms with E-state index in [0.717, 1.165) is 30.3 Å². The van der Waals surface area contributed by atoms with Crippen molar-refractivity contribution in [2.24, 2.45) is 5.73 Å². The molecule has 0 saturated heterocycles. The van der Waals surface area contributed by atoms with Crippen molar-refractivity contribution in [1.82, 2.24) is 0 Å². The van der Waals surface area contributed by atoms with Gasteiger partial charge < -0.3 is 16.2 Å². The molecule has 0 aliphatic heterocycles. The smallest absolute Gasteiger partial charge is 0.250 e. The van der Waals surface area contributed by atoms with Crippen molar-refractivity contribution in [2.45, 2.75) is 0 Å². The highest BCUT2D eigenvalue weighted by Crippen LogP contribution is 2.30. The minimum atomic E-state index is -0.934. The van der Waals surface area contributed by atoms with Crippen LogP contribution in [0.3, 0.4) is 0 Å². The highest BCUT2D eigenvalue weighted by Gasteiger charge is 2.15. The Hall–Kier alpha value is -2.70. The molecule has 0 atom stereocenters. The van der Waals surface area contributed by atoms with Gasteiger partial charge in [-0.15, -0.1) is 0 Å². The minimum Gasteiger partial charge on any atom is -0.451 e. The number of halogens is 3. The second-order valence-electron chi connectivity index (χ2n) is 3.91. The fraction of sp³-hybridized carbons (Fsp3) is 0. The highest BCUT2D eigenvalue weighted by atomic mass is 19.1. The molecule has 4 N–H and O–H groups in total. The third-order valence-electron chi connectivity index (χ3n) is 2.48. The van der Waals surface area contributed by atoms with Crippen LogP contribution in [-0.4, -0.2) is 5.91 Å². The molecular weight excluding hydrogens is 273 g/mol. The Morgan fingerprint density at radius 3 is 2.30 bits per heavy atom. The Bertz CT molecular complexity index is 690. The topological polar surface area (TPSA) is 78.3 Å². The third-order valence-corrected chi connectivity index (χ3v) is 2.48. The largest absolute Gasteiger partial charge is 0.451 e. The molecule has 20 heavy (non-hydrogen) atoms. The molecule has 1 amide bonds. The molecule has 2 aromatic carbocycles. The molecule has 7 heteroatoms. The summed E-state index contributed by atoms with van der Waals surface area (Å²) in [5.41, 5.74) is 10.1. The molecule has 2 rings (SSSR count). The number of hydrogen-bond acceptors (Lipinski definition) is 3. The standard InChI is InChI=1S/C13H9F3N2O2/c14-6-1-2-8(15)11(3-6)20-12-4-7(13(18)19)10(17)5-9(12)16/h1-5H,17H2,(H2,18,19). The van der Waals surface area contributed by atoms with E-state index in [-0.39, 0.29) is 11.3 Å². The zero-order valence-electron chi connectivity index (χ0n) is 9.99. The number of anilines is 1. The van der Waals surface area contributed by atoms with Gasteiger partial charge in [-0.1, -0.05) is 0 Å². The van der Waals surface area contributed by atoms with Crippen molar-refractivity contribution in [3.8, 4) is 11.5 Å². The van der Waals surface area contributed by atoms with Gasteiger partial charge in [0.1, 0.15) is 5.82 Å². The Balaban J connectivity index is 2.45. The van der Waals surface area contributed by atoms with E-state index in [9.17, 15) is 18.0 Å². The lowest BCUT2D eigenvalue weighted by atomic mass is 10.1. The number of hydrogen-bond donors (Lipinski definition) is 2. The number of carbonyl (C=O) groups is 1. The van der Waals surface area contributed by atoms with Gasteiger partial charge in [-0.3, -0.25) is 4.79 Å². The predicted octanol–water partition coefficient (Wildman–Crippen LogP) is 2.58. The van der Waals surface area contributed by atoms with Crippen LogP contribution in [0.5, 0.6) is 11.5 Å². The molecule has 0 aromatic heterocycles. The summed E-state index contributed by atoms with van der Waals surface area (Å²) in [5, 5.41) is 0. The predicted molar refractivity (Wildman–Crippen MR) is 65.8 cm³/mol. The SMILES string of the molecule is NC(=O)c1cc(Oc2cc(F)ccc2F)c(F)cc1N. The summed E-state index contributed by atoms with van der Waals surface area (Å²) >= 11 is 0. The molecule has 0 unspecified atom stereocenters. The van der Waals surface area contributed by atoms with Gasteiger partial charge in [-0.25, -0.2) is 13.2 Å². The summed E-state index contributed by atoms with van der Waals surface area (Å²) in [6.45, 7) is 0. The number of primary amides is 1. The average Bonchev–Trinajstić information content (AvgIpc) is 2.36. The van der Waals surface area contributed by atoms with Crippen LogP contribution >= 0.6 is 0 Å². The van der Waals surface area contributed by atoms with E-state index < -0.39 is 34.9 Å². The van der Waals surface area contributed by atoms with E-state index in [1.165, 1.54) is 0 Å². The molecule has 0 fully saturated rings. The number of carbonyl (C=O) groups excluding carboxylic acids is 1. The van der Waals surface area contributed by atoms with Crippen molar-refractivity contribution < 1.29 is 22.7 Å². The van der Waals surface area contributed by atoms with Crippen LogP contribution < -0.4 is 16.2 Å². The number of benzene rings is 2. The molecule has 0 spiro atoms. The monoisotopic (exact) mass is 282 g/mol. The summed E-state index contributed by atoms with van der Waals surface area (Å²) < 4.78 is 44.9. The summed E-state index contributed by atoms with van der Waals surface area (Å²) in [7, 11) is 0. The quantitative estimate of drug-likeness (QED) is 0.849. The van der Waals surface area contributed by atoms with Crippen molar-refractivity contribution in [2.75, 3.05) is 5.73 Å². The third kappa shape index (κ3) is 2.66. The summed E-state index contributed by atoms with van der Waals surface area (Å²) in [4.78, 5) is 11.1. The van der Waals surface area contributed by atoms with Crippen LogP contribution in [0.15, 0.2) is 30.3 Å². The molecule has 2 aromatic rings. The molecule has 0 bridgehead atoms. The van der Waals surface area contributed by atoms with Crippen molar-refractivity contribution >= 4 is 11.6 Å². The van der Waals surface area contributed by atoms with Gasteiger partial charge in [0.15, 0.2) is 23.1 Å². The normalized spacial score (nSPS) is 10.3. The first-order valence-corrected chi connectivity index (χ1v) is 5.40. The van der Waals surface area contributed by atoms with Crippen LogP contribution in [0, 0.1) is 17.5 Å². The number of rotatable bonds is 3. The number of nitrogens with two attached hydrogens (primary N) is 2. The highest BCUT2D eigenvalue weighted by molar-refractivity contribution is 5.98. The van der Waals surface area contributed by atoms with E-state index in [2.05, 4.69) is 0 Å². The van der Waals surface area contributed by atoms with E-state index in [0.29, 0.717) is 0 Å². The molecule has 0 saturated carbocycles. The maximum atomic E-state index is 13.6. The van der Waals surface area contributed by atoms with E-state index in [4.69, 9.17) is 16.2 Å². The summed E-state index contributed by atoms with van der Waals surface area (Å²) in [6, 6.07) is 4.20. The fourth-order valence-corrected chi connectivity index (χ4v) is 1.53. The van der Waals surface area contributed by atoms with Gasteiger partial charge in [0, 0.05) is 17.8 Å². The fourth-order valence-electron chi connectivity index (χ4n) is 1.53. The second kappa shape index (κ2) is 5.12. The average molecular weight is 282 g/mol. The zero-order valence-corrected chi connectivity index (χ0v) is 9.99. The van der Waals surface area contributed by atoms with E-state index in [1.54, 1.807) is 0 Å². The Morgan fingerprint density at radius 1 is 1.00 bits per heavy atom. The van der Waals surface area contributed by atoms with Crippen LogP contribution in [0.2, 0.25) is 0 Å². The lowest BCUT2D eigenvalue weighted by Gasteiger charge is -2.10. The van der Waals surface area contributed by atoms with Crippen LogP contribution in [0.25, 0.3) is 0 Å². The first kappa shape index (κ1) is 13.7.